The highest BCUT2D eigenvalue weighted by Crippen LogP contribution is 2.22. The highest BCUT2D eigenvalue weighted by molar-refractivity contribution is 9.10. The van der Waals surface area contributed by atoms with E-state index in [0.29, 0.717) is 4.64 Å². The van der Waals surface area contributed by atoms with E-state index in [2.05, 4.69) is 41.8 Å². The molecule has 2 nitrogen and oxygen atoms in total. The lowest BCUT2D eigenvalue weighted by molar-refractivity contribution is 1.08. The van der Waals surface area contributed by atoms with Crippen LogP contribution in [0.1, 0.15) is 5.69 Å². The van der Waals surface area contributed by atoms with Crippen LogP contribution in [0.15, 0.2) is 33.2 Å². The van der Waals surface area contributed by atoms with Crippen molar-refractivity contribution in [3.8, 4) is 11.4 Å². The van der Waals surface area contributed by atoms with E-state index < -0.39 is 0 Å². The lowest BCUT2D eigenvalue weighted by atomic mass is 10.2. The molecule has 0 saturated heterocycles. The maximum absolute atomic E-state index is 5.17. The van der Waals surface area contributed by atoms with E-state index in [1.165, 1.54) is 0 Å². The molecule has 82 valence electrons. The van der Waals surface area contributed by atoms with Crippen molar-refractivity contribution in [2.24, 2.45) is 0 Å². The average molecular weight is 360 g/mol. The Labute approximate surface area is 115 Å². The molecular formula is C11H8Br2N2S. The van der Waals surface area contributed by atoms with E-state index in [-0.39, 0.29) is 0 Å². The van der Waals surface area contributed by atoms with Crippen molar-refractivity contribution in [1.29, 1.82) is 0 Å². The second-order valence-electron chi connectivity index (χ2n) is 3.34. The third-order valence-corrected chi connectivity index (χ3v) is 4.21. The summed E-state index contributed by atoms with van der Waals surface area (Å²) >= 11 is 12.0. The molecular weight excluding hydrogens is 352 g/mol. The molecule has 0 radical (unpaired) electrons. The summed E-state index contributed by atoms with van der Waals surface area (Å²) in [5, 5.41) is 0. The second-order valence-corrected chi connectivity index (χ2v) is 5.43. The van der Waals surface area contributed by atoms with Gasteiger partial charge in [-0.2, -0.15) is 0 Å². The molecule has 0 unspecified atom stereocenters. The zero-order valence-corrected chi connectivity index (χ0v) is 12.4. The first-order valence-electron chi connectivity index (χ1n) is 4.60. The zero-order chi connectivity index (χ0) is 11.7. The van der Waals surface area contributed by atoms with Gasteiger partial charge in [-0.3, -0.25) is 0 Å². The van der Waals surface area contributed by atoms with Gasteiger partial charge in [0, 0.05) is 15.7 Å². The first-order valence-corrected chi connectivity index (χ1v) is 6.59. The number of nitrogens with zero attached hydrogens (tertiary/aromatic N) is 1. The third kappa shape index (κ3) is 2.42. The molecule has 0 aliphatic rings. The predicted octanol–water partition coefficient (Wildman–Crippen LogP) is 4.64. The fraction of sp³-hybridized carbons (Fsp3) is 0.0909. The molecule has 0 amide bonds. The Hall–Kier alpha value is -0.520. The van der Waals surface area contributed by atoms with Crippen LogP contribution < -0.4 is 0 Å². The predicted molar refractivity (Wildman–Crippen MR) is 75.0 cm³/mol. The number of rotatable bonds is 1. The van der Waals surface area contributed by atoms with Crippen molar-refractivity contribution in [1.82, 2.24) is 9.97 Å². The van der Waals surface area contributed by atoms with E-state index in [9.17, 15) is 0 Å². The molecule has 0 fully saturated rings. The van der Waals surface area contributed by atoms with E-state index in [1.54, 1.807) is 0 Å². The van der Waals surface area contributed by atoms with Gasteiger partial charge in [-0.15, -0.1) is 0 Å². The summed E-state index contributed by atoms with van der Waals surface area (Å²) in [6.45, 7) is 1.96. The van der Waals surface area contributed by atoms with Crippen molar-refractivity contribution < 1.29 is 0 Å². The molecule has 0 aliphatic heterocycles. The standard InChI is InChI=1S/C11H8Br2N2S/c1-6-9(13)11(16)15-10(14-6)7-2-4-8(12)5-3-7/h2-5H,1H3,(H,14,15,16). The van der Waals surface area contributed by atoms with Gasteiger partial charge in [0.05, 0.1) is 4.47 Å². The Morgan fingerprint density at radius 3 is 2.38 bits per heavy atom. The normalized spacial score (nSPS) is 10.4. The van der Waals surface area contributed by atoms with Gasteiger partial charge in [0.25, 0.3) is 0 Å². The molecule has 0 bridgehead atoms. The lowest BCUT2D eigenvalue weighted by Crippen LogP contribution is -1.93. The fourth-order valence-corrected chi connectivity index (χ4v) is 2.01. The number of aromatic amines is 1. The maximum atomic E-state index is 5.17. The summed E-state index contributed by atoms with van der Waals surface area (Å²) in [7, 11) is 0. The molecule has 0 saturated carbocycles. The minimum Gasteiger partial charge on any atom is -0.342 e. The smallest absolute Gasteiger partial charge is 0.144 e. The summed E-state index contributed by atoms with van der Waals surface area (Å²) in [6.07, 6.45) is 0. The Bertz CT molecular complexity index is 576. The lowest BCUT2D eigenvalue weighted by Gasteiger charge is -2.05. The van der Waals surface area contributed by atoms with Crippen LogP contribution in [0.4, 0.5) is 0 Å². The molecule has 5 heteroatoms. The van der Waals surface area contributed by atoms with Crippen LogP contribution in [0.3, 0.4) is 0 Å². The summed E-state index contributed by atoms with van der Waals surface area (Å²) in [5.41, 5.74) is 2.00. The zero-order valence-electron chi connectivity index (χ0n) is 8.42. The van der Waals surface area contributed by atoms with E-state index >= 15 is 0 Å². The van der Waals surface area contributed by atoms with Crippen LogP contribution in [-0.4, -0.2) is 9.97 Å². The SMILES string of the molecule is Cc1[nH]c(-c2ccc(Br)cc2)nc(=S)c1Br. The summed E-state index contributed by atoms with van der Waals surface area (Å²) in [5.74, 6) is 0.790. The topological polar surface area (TPSA) is 28.7 Å². The summed E-state index contributed by atoms with van der Waals surface area (Å²) < 4.78 is 2.47. The van der Waals surface area contributed by atoms with Gasteiger partial charge in [-0.05, 0) is 35.0 Å². The number of aromatic nitrogens is 2. The van der Waals surface area contributed by atoms with Gasteiger partial charge in [0.15, 0.2) is 0 Å². The van der Waals surface area contributed by atoms with Crippen molar-refractivity contribution in [2.75, 3.05) is 0 Å². The van der Waals surface area contributed by atoms with Crippen LogP contribution in [0.5, 0.6) is 0 Å². The van der Waals surface area contributed by atoms with Crippen LogP contribution in [-0.2, 0) is 0 Å². The average Bonchev–Trinajstić information content (AvgIpc) is 2.26. The molecule has 1 heterocycles. The number of benzene rings is 1. The number of aryl methyl sites for hydroxylation is 1. The van der Waals surface area contributed by atoms with Gasteiger partial charge in [-0.1, -0.05) is 40.3 Å². The highest BCUT2D eigenvalue weighted by atomic mass is 79.9. The van der Waals surface area contributed by atoms with Crippen LogP contribution in [0, 0.1) is 11.6 Å². The van der Waals surface area contributed by atoms with Gasteiger partial charge < -0.3 is 4.98 Å². The number of nitrogens with one attached hydrogen (secondary N) is 1. The Kier molecular flexibility index (Phi) is 3.56. The minimum absolute atomic E-state index is 0.578. The molecule has 0 aliphatic carbocycles. The number of hydrogen-bond donors (Lipinski definition) is 1. The van der Waals surface area contributed by atoms with Crippen LogP contribution in [0.2, 0.25) is 0 Å². The van der Waals surface area contributed by atoms with E-state index in [1.807, 2.05) is 31.2 Å². The van der Waals surface area contributed by atoms with Gasteiger partial charge in [0.2, 0.25) is 0 Å². The first kappa shape index (κ1) is 12.0. The van der Waals surface area contributed by atoms with E-state index in [4.69, 9.17) is 12.2 Å². The Morgan fingerprint density at radius 2 is 1.81 bits per heavy atom. The fourth-order valence-electron chi connectivity index (χ4n) is 1.32. The van der Waals surface area contributed by atoms with Crippen molar-refractivity contribution in [3.63, 3.8) is 0 Å². The number of halogens is 2. The molecule has 2 aromatic rings. The second kappa shape index (κ2) is 4.77. The Morgan fingerprint density at radius 1 is 1.19 bits per heavy atom. The van der Waals surface area contributed by atoms with Gasteiger partial charge >= 0.3 is 0 Å². The Balaban J connectivity index is 2.57. The minimum atomic E-state index is 0.578. The number of hydrogen-bond acceptors (Lipinski definition) is 2. The maximum Gasteiger partial charge on any atom is 0.144 e. The molecule has 1 aromatic carbocycles. The van der Waals surface area contributed by atoms with Crippen molar-refractivity contribution >= 4 is 44.1 Å². The van der Waals surface area contributed by atoms with Crippen LogP contribution in [0.25, 0.3) is 11.4 Å². The summed E-state index contributed by atoms with van der Waals surface area (Å²) in [4.78, 5) is 7.54. The van der Waals surface area contributed by atoms with Crippen LogP contribution >= 0.6 is 44.1 Å². The quantitative estimate of drug-likeness (QED) is 0.751. The highest BCUT2D eigenvalue weighted by Gasteiger charge is 2.04. The summed E-state index contributed by atoms with van der Waals surface area (Å²) in [6, 6.07) is 7.94. The molecule has 0 spiro atoms. The number of H-pyrrole nitrogens is 1. The molecule has 2 rings (SSSR count). The molecule has 16 heavy (non-hydrogen) atoms. The van der Waals surface area contributed by atoms with Gasteiger partial charge in [-0.25, -0.2) is 4.98 Å². The van der Waals surface area contributed by atoms with Crippen molar-refractivity contribution in [2.45, 2.75) is 6.92 Å². The monoisotopic (exact) mass is 358 g/mol. The molecule has 1 N–H and O–H groups in total. The third-order valence-electron chi connectivity index (χ3n) is 2.15. The molecule has 0 atom stereocenters. The largest absolute Gasteiger partial charge is 0.342 e. The van der Waals surface area contributed by atoms with Crippen molar-refractivity contribution in [3.05, 3.63) is 43.5 Å². The van der Waals surface area contributed by atoms with E-state index in [0.717, 1.165) is 26.0 Å². The molecule has 1 aromatic heterocycles. The first-order chi connectivity index (χ1) is 7.58. The van der Waals surface area contributed by atoms with Gasteiger partial charge in [0.1, 0.15) is 10.5 Å².